The number of hydrogen-bond donors (Lipinski definition) is 1. The standard InChI is InChI=1S/C23H19N5O2/c1-3-14-10-15(4-6-18(14)23(25)29)20-11-17(8-9-26-20)30-16-5-7-19-21(13-24)27-28(2)22(19)12-16/h4-12H,3H2,1-2H3,(H2,25,29). The Balaban J connectivity index is 1.66. The van der Waals surface area contributed by atoms with Crippen LogP contribution >= 0.6 is 0 Å². The Morgan fingerprint density at radius 3 is 2.70 bits per heavy atom. The number of rotatable bonds is 5. The molecule has 4 rings (SSSR count). The van der Waals surface area contributed by atoms with Crippen LogP contribution in [-0.4, -0.2) is 20.7 Å². The minimum absolute atomic E-state index is 0.386. The van der Waals surface area contributed by atoms with Crippen molar-refractivity contribution < 1.29 is 9.53 Å². The third-order valence-corrected chi connectivity index (χ3v) is 4.94. The molecule has 2 heterocycles. The number of pyridine rings is 1. The molecule has 0 aliphatic rings. The maximum Gasteiger partial charge on any atom is 0.248 e. The fourth-order valence-electron chi connectivity index (χ4n) is 3.44. The Morgan fingerprint density at radius 2 is 1.97 bits per heavy atom. The maximum atomic E-state index is 11.6. The summed E-state index contributed by atoms with van der Waals surface area (Å²) in [6.07, 6.45) is 2.37. The van der Waals surface area contributed by atoms with Gasteiger partial charge in [-0.1, -0.05) is 13.0 Å². The SMILES string of the molecule is CCc1cc(-c2cc(Oc3ccc4c(C#N)nn(C)c4c3)ccn2)ccc1C(N)=O. The lowest BCUT2D eigenvalue weighted by molar-refractivity contribution is 0.0999. The molecule has 0 radical (unpaired) electrons. The molecule has 148 valence electrons. The van der Waals surface area contributed by atoms with Crippen molar-refractivity contribution in [2.45, 2.75) is 13.3 Å². The van der Waals surface area contributed by atoms with Gasteiger partial charge < -0.3 is 10.5 Å². The number of carbonyl (C=O) groups excluding carboxylic acids is 1. The molecule has 30 heavy (non-hydrogen) atoms. The van der Waals surface area contributed by atoms with Crippen molar-refractivity contribution in [2.24, 2.45) is 12.8 Å². The van der Waals surface area contributed by atoms with Crippen LogP contribution in [0.25, 0.3) is 22.2 Å². The second-order valence-corrected chi connectivity index (χ2v) is 6.83. The first-order chi connectivity index (χ1) is 14.5. The van der Waals surface area contributed by atoms with Gasteiger partial charge in [0.05, 0.1) is 11.2 Å². The van der Waals surface area contributed by atoms with Gasteiger partial charge in [0, 0.05) is 41.9 Å². The quantitative estimate of drug-likeness (QED) is 0.548. The number of nitrogens with zero attached hydrogens (tertiary/aromatic N) is 4. The first-order valence-corrected chi connectivity index (χ1v) is 9.44. The van der Waals surface area contributed by atoms with E-state index in [2.05, 4.69) is 16.2 Å². The highest BCUT2D eigenvalue weighted by Crippen LogP contribution is 2.29. The molecule has 0 spiro atoms. The predicted molar refractivity (Wildman–Crippen MR) is 113 cm³/mol. The molecular formula is C23H19N5O2. The Bertz CT molecular complexity index is 1320. The molecule has 1 amide bonds. The van der Waals surface area contributed by atoms with E-state index in [9.17, 15) is 10.1 Å². The minimum Gasteiger partial charge on any atom is -0.457 e. The third kappa shape index (κ3) is 3.47. The van der Waals surface area contributed by atoms with Crippen molar-refractivity contribution in [3.63, 3.8) is 0 Å². The van der Waals surface area contributed by atoms with Gasteiger partial charge in [-0.05, 0) is 42.3 Å². The Hall–Kier alpha value is -4.18. The van der Waals surface area contributed by atoms with Crippen molar-refractivity contribution in [3.8, 4) is 28.8 Å². The van der Waals surface area contributed by atoms with Gasteiger partial charge in [0.1, 0.15) is 17.6 Å². The lowest BCUT2D eigenvalue weighted by Gasteiger charge is -2.10. The summed E-state index contributed by atoms with van der Waals surface area (Å²) in [7, 11) is 1.79. The Morgan fingerprint density at radius 1 is 1.17 bits per heavy atom. The summed E-state index contributed by atoms with van der Waals surface area (Å²) < 4.78 is 7.68. The fraction of sp³-hybridized carbons (Fsp3) is 0.130. The highest BCUT2D eigenvalue weighted by molar-refractivity contribution is 5.95. The normalized spacial score (nSPS) is 10.7. The van der Waals surface area contributed by atoms with Gasteiger partial charge in [0.15, 0.2) is 5.69 Å². The maximum absolute atomic E-state index is 11.6. The van der Waals surface area contributed by atoms with E-state index in [0.29, 0.717) is 29.2 Å². The van der Waals surface area contributed by atoms with Gasteiger partial charge in [0.25, 0.3) is 0 Å². The summed E-state index contributed by atoms with van der Waals surface area (Å²) in [5.41, 5.74) is 9.66. The van der Waals surface area contributed by atoms with E-state index in [-0.39, 0.29) is 0 Å². The second kappa shape index (κ2) is 7.68. The van der Waals surface area contributed by atoms with Crippen molar-refractivity contribution in [3.05, 3.63) is 71.5 Å². The van der Waals surface area contributed by atoms with Crippen molar-refractivity contribution in [1.29, 1.82) is 5.26 Å². The molecule has 0 atom stereocenters. The number of nitrogens with two attached hydrogens (primary N) is 1. The van der Waals surface area contributed by atoms with Crippen LogP contribution in [0.15, 0.2) is 54.7 Å². The third-order valence-electron chi connectivity index (χ3n) is 4.94. The van der Waals surface area contributed by atoms with Crippen molar-refractivity contribution in [2.75, 3.05) is 0 Å². The molecule has 0 saturated heterocycles. The zero-order valence-corrected chi connectivity index (χ0v) is 16.6. The second-order valence-electron chi connectivity index (χ2n) is 6.83. The summed E-state index contributed by atoms with van der Waals surface area (Å²) in [5, 5.41) is 14.2. The van der Waals surface area contributed by atoms with Crippen molar-refractivity contribution in [1.82, 2.24) is 14.8 Å². The lowest BCUT2D eigenvalue weighted by Crippen LogP contribution is -2.13. The van der Waals surface area contributed by atoms with Crippen LogP contribution in [0.1, 0.15) is 28.5 Å². The smallest absolute Gasteiger partial charge is 0.248 e. The number of fused-ring (bicyclic) bond motifs is 1. The van der Waals surface area contributed by atoms with Crippen LogP contribution in [0.3, 0.4) is 0 Å². The molecule has 4 aromatic rings. The molecular weight excluding hydrogens is 378 g/mol. The number of nitriles is 1. The van der Waals surface area contributed by atoms with E-state index in [1.54, 1.807) is 30.1 Å². The Kier molecular flexibility index (Phi) is 4.90. The number of primary amides is 1. The van der Waals surface area contributed by atoms with Gasteiger partial charge in [-0.15, -0.1) is 0 Å². The van der Waals surface area contributed by atoms with E-state index in [1.165, 1.54) is 0 Å². The largest absolute Gasteiger partial charge is 0.457 e. The summed E-state index contributed by atoms with van der Waals surface area (Å²) in [6, 6.07) is 16.7. The summed E-state index contributed by atoms with van der Waals surface area (Å²) in [4.78, 5) is 16.0. The molecule has 2 N–H and O–H groups in total. The summed E-state index contributed by atoms with van der Waals surface area (Å²) in [6.45, 7) is 1.98. The number of aromatic nitrogens is 3. The monoisotopic (exact) mass is 397 g/mol. The molecule has 0 unspecified atom stereocenters. The zero-order valence-electron chi connectivity index (χ0n) is 16.6. The van der Waals surface area contributed by atoms with Gasteiger partial charge >= 0.3 is 0 Å². The van der Waals surface area contributed by atoms with Crippen molar-refractivity contribution >= 4 is 16.8 Å². The van der Waals surface area contributed by atoms with Crippen LogP contribution in [0.4, 0.5) is 0 Å². The average Bonchev–Trinajstić information content (AvgIpc) is 3.08. The number of aryl methyl sites for hydroxylation is 2. The molecule has 7 nitrogen and oxygen atoms in total. The summed E-state index contributed by atoms with van der Waals surface area (Å²) in [5.74, 6) is 0.818. The topological polar surface area (TPSA) is 107 Å². The van der Waals surface area contributed by atoms with Crippen LogP contribution in [0.2, 0.25) is 0 Å². The highest BCUT2D eigenvalue weighted by atomic mass is 16.5. The molecule has 0 fully saturated rings. The van der Waals surface area contributed by atoms with E-state index in [0.717, 1.165) is 27.7 Å². The lowest BCUT2D eigenvalue weighted by atomic mass is 9.99. The number of benzene rings is 2. The van der Waals surface area contributed by atoms with Crippen LogP contribution in [-0.2, 0) is 13.5 Å². The first kappa shape index (κ1) is 19.2. The molecule has 0 saturated carbocycles. The number of amides is 1. The highest BCUT2D eigenvalue weighted by Gasteiger charge is 2.12. The molecule has 0 aliphatic carbocycles. The number of ether oxygens (including phenoxy) is 1. The van der Waals surface area contributed by atoms with Crippen LogP contribution < -0.4 is 10.5 Å². The molecule has 7 heteroatoms. The summed E-state index contributed by atoms with van der Waals surface area (Å²) >= 11 is 0. The van der Waals surface area contributed by atoms with E-state index < -0.39 is 5.91 Å². The molecule has 0 bridgehead atoms. The van der Waals surface area contributed by atoms with Crippen LogP contribution in [0, 0.1) is 11.3 Å². The van der Waals surface area contributed by atoms with E-state index in [1.807, 2.05) is 43.3 Å². The van der Waals surface area contributed by atoms with Crippen LogP contribution in [0.5, 0.6) is 11.5 Å². The van der Waals surface area contributed by atoms with E-state index in [4.69, 9.17) is 10.5 Å². The van der Waals surface area contributed by atoms with Gasteiger partial charge in [-0.2, -0.15) is 10.4 Å². The van der Waals surface area contributed by atoms with Gasteiger partial charge in [-0.25, -0.2) is 0 Å². The average molecular weight is 397 g/mol. The Labute approximate surface area is 173 Å². The predicted octanol–water partition coefficient (Wildman–Crippen LogP) is 3.96. The first-order valence-electron chi connectivity index (χ1n) is 9.44. The number of carbonyl (C=O) groups is 1. The molecule has 2 aromatic heterocycles. The molecule has 2 aromatic carbocycles. The van der Waals surface area contributed by atoms with Gasteiger partial charge in [0.2, 0.25) is 5.91 Å². The van der Waals surface area contributed by atoms with Gasteiger partial charge in [-0.3, -0.25) is 14.5 Å². The minimum atomic E-state index is -0.437. The zero-order chi connectivity index (χ0) is 21.3. The molecule has 0 aliphatic heterocycles. The number of hydrogen-bond acceptors (Lipinski definition) is 5. The fourth-order valence-corrected chi connectivity index (χ4v) is 3.44. The van der Waals surface area contributed by atoms with E-state index >= 15 is 0 Å².